The van der Waals surface area contributed by atoms with Crippen molar-refractivity contribution in [1.29, 1.82) is 0 Å². The Balaban J connectivity index is 2.56. The van der Waals surface area contributed by atoms with Gasteiger partial charge in [-0.2, -0.15) is 0 Å². The Bertz CT molecular complexity index is 465. The number of methoxy groups -OCH3 is 1. The Kier molecular flexibility index (Phi) is 3.12. The van der Waals surface area contributed by atoms with Gasteiger partial charge in [0.25, 0.3) is 0 Å². The van der Waals surface area contributed by atoms with Gasteiger partial charge in [0.05, 0.1) is 23.7 Å². The molecule has 0 N–H and O–H groups in total. The summed E-state index contributed by atoms with van der Waals surface area (Å²) in [6, 6.07) is 1.76. The van der Waals surface area contributed by atoms with Crippen LogP contribution in [-0.2, 0) is 11.3 Å². The maximum Gasteiger partial charge on any atom is 0.235 e. The lowest BCUT2D eigenvalue weighted by atomic mass is 10.1. The van der Waals surface area contributed by atoms with Crippen LogP contribution in [0.1, 0.15) is 5.56 Å². The number of ether oxygens (including phenoxy) is 3. The first-order valence-electron chi connectivity index (χ1n) is 4.46. The fourth-order valence-electron chi connectivity index (χ4n) is 1.54. The third-order valence-corrected chi connectivity index (χ3v) is 2.76. The van der Waals surface area contributed by atoms with E-state index < -0.39 is 0 Å². The molecule has 0 fully saturated rings. The number of nitrogens with zero attached hydrogens (tertiary/aromatic N) is 1. The molecule has 1 aromatic rings. The average Bonchev–Trinajstić information content (AvgIpc) is 2.72. The van der Waals surface area contributed by atoms with Gasteiger partial charge in [0.2, 0.25) is 12.9 Å². The summed E-state index contributed by atoms with van der Waals surface area (Å²) in [6.45, 7) is 0.310. The maximum atomic E-state index is 10.1. The maximum absolute atomic E-state index is 10.1. The van der Waals surface area contributed by atoms with E-state index in [0.29, 0.717) is 22.8 Å². The van der Waals surface area contributed by atoms with Crippen LogP contribution >= 0.6 is 15.9 Å². The standard InChI is InChI=1S/C10H8BrNO4/c1-14-9-6(3-12-4-13)10-8(2-7(9)11)15-5-16-10/h2H,3,5H2,1H3. The van der Waals surface area contributed by atoms with E-state index >= 15 is 0 Å². The van der Waals surface area contributed by atoms with Crippen molar-refractivity contribution < 1.29 is 19.0 Å². The second-order valence-electron chi connectivity index (χ2n) is 3.01. The zero-order valence-electron chi connectivity index (χ0n) is 8.45. The van der Waals surface area contributed by atoms with Crippen LogP contribution in [0.3, 0.4) is 0 Å². The molecule has 84 valence electrons. The highest BCUT2D eigenvalue weighted by atomic mass is 79.9. The predicted molar refractivity (Wildman–Crippen MR) is 58.6 cm³/mol. The predicted octanol–water partition coefficient (Wildman–Crippen LogP) is 2.02. The highest BCUT2D eigenvalue weighted by Crippen LogP contribution is 2.45. The van der Waals surface area contributed by atoms with E-state index in [4.69, 9.17) is 14.2 Å². The normalized spacial score (nSPS) is 12.1. The molecule has 0 atom stereocenters. The lowest BCUT2D eigenvalue weighted by molar-refractivity contribution is 0.173. The average molecular weight is 286 g/mol. The van der Waals surface area contributed by atoms with Crippen molar-refractivity contribution in [3.8, 4) is 17.2 Å². The molecule has 16 heavy (non-hydrogen) atoms. The molecule has 1 heterocycles. The second kappa shape index (κ2) is 4.55. The van der Waals surface area contributed by atoms with E-state index in [1.807, 2.05) is 0 Å². The first-order valence-corrected chi connectivity index (χ1v) is 5.25. The number of hydrogen-bond donors (Lipinski definition) is 0. The molecule has 0 saturated carbocycles. The van der Waals surface area contributed by atoms with Crippen molar-refractivity contribution in [3.05, 3.63) is 16.1 Å². The number of fused-ring (bicyclic) bond motifs is 1. The van der Waals surface area contributed by atoms with E-state index in [1.165, 1.54) is 13.2 Å². The molecule has 2 rings (SSSR count). The summed E-state index contributed by atoms with van der Waals surface area (Å²) in [4.78, 5) is 13.7. The van der Waals surface area contributed by atoms with Crippen molar-refractivity contribution in [2.45, 2.75) is 6.54 Å². The van der Waals surface area contributed by atoms with Gasteiger partial charge in [0, 0.05) is 6.07 Å². The van der Waals surface area contributed by atoms with Gasteiger partial charge < -0.3 is 14.2 Å². The number of benzene rings is 1. The molecule has 0 radical (unpaired) electrons. The zero-order chi connectivity index (χ0) is 11.5. The molecule has 6 heteroatoms. The Morgan fingerprint density at radius 3 is 3.12 bits per heavy atom. The number of isocyanates is 1. The number of halogens is 1. The van der Waals surface area contributed by atoms with Gasteiger partial charge in [0.15, 0.2) is 11.5 Å². The number of hydrogen-bond acceptors (Lipinski definition) is 5. The molecule has 0 amide bonds. The minimum Gasteiger partial charge on any atom is -0.495 e. The summed E-state index contributed by atoms with van der Waals surface area (Å²) in [7, 11) is 1.54. The van der Waals surface area contributed by atoms with Crippen LogP contribution in [0.15, 0.2) is 15.5 Å². The van der Waals surface area contributed by atoms with Crippen LogP contribution < -0.4 is 14.2 Å². The molecule has 1 aliphatic heterocycles. The molecular formula is C10H8BrNO4. The monoisotopic (exact) mass is 285 g/mol. The summed E-state index contributed by atoms with van der Waals surface area (Å²) < 4.78 is 16.5. The summed E-state index contributed by atoms with van der Waals surface area (Å²) in [5, 5.41) is 0. The molecule has 0 aliphatic carbocycles. The third-order valence-electron chi connectivity index (χ3n) is 2.17. The number of carbonyl (C=O) groups excluding carboxylic acids is 1. The first kappa shape index (κ1) is 11.0. The van der Waals surface area contributed by atoms with Crippen LogP contribution in [0.2, 0.25) is 0 Å². The van der Waals surface area contributed by atoms with Gasteiger partial charge in [-0.1, -0.05) is 0 Å². The topological polar surface area (TPSA) is 57.1 Å². The summed E-state index contributed by atoms with van der Waals surface area (Å²) in [5.74, 6) is 1.77. The lowest BCUT2D eigenvalue weighted by Gasteiger charge is -2.10. The Morgan fingerprint density at radius 2 is 2.44 bits per heavy atom. The minimum atomic E-state index is 0.151. The van der Waals surface area contributed by atoms with Crippen LogP contribution in [-0.4, -0.2) is 20.0 Å². The Morgan fingerprint density at radius 1 is 1.62 bits per heavy atom. The molecular weight excluding hydrogens is 278 g/mol. The molecule has 0 saturated heterocycles. The quantitative estimate of drug-likeness (QED) is 0.630. The van der Waals surface area contributed by atoms with E-state index in [-0.39, 0.29) is 13.3 Å². The van der Waals surface area contributed by atoms with Crippen LogP contribution in [0.5, 0.6) is 17.2 Å². The van der Waals surface area contributed by atoms with Gasteiger partial charge in [-0.25, -0.2) is 9.79 Å². The van der Waals surface area contributed by atoms with Crippen molar-refractivity contribution >= 4 is 22.0 Å². The summed E-state index contributed by atoms with van der Waals surface area (Å²) in [5.41, 5.74) is 0.674. The lowest BCUT2D eigenvalue weighted by Crippen LogP contribution is -1.96. The van der Waals surface area contributed by atoms with E-state index in [0.717, 1.165) is 4.47 Å². The fourth-order valence-corrected chi connectivity index (χ4v) is 2.14. The van der Waals surface area contributed by atoms with E-state index in [1.54, 1.807) is 6.07 Å². The van der Waals surface area contributed by atoms with Crippen molar-refractivity contribution in [3.63, 3.8) is 0 Å². The zero-order valence-corrected chi connectivity index (χ0v) is 10.0. The van der Waals surface area contributed by atoms with Crippen molar-refractivity contribution in [2.75, 3.05) is 13.9 Å². The highest BCUT2D eigenvalue weighted by Gasteiger charge is 2.23. The second-order valence-corrected chi connectivity index (χ2v) is 3.87. The smallest absolute Gasteiger partial charge is 0.235 e. The number of rotatable bonds is 3. The highest BCUT2D eigenvalue weighted by molar-refractivity contribution is 9.10. The Labute approximate surface area is 100 Å². The number of aliphatic imine (C=N–C) groups is 1. The van der Waals surface area contributed by atoms with Gasteiger partial charge in [0.1, 0.15) is 5.75 Å². The fraction of sp³-hybridized carbons (Fsp3) is 0.300. The molecule has 1 aliphatic rings. The van der Waals surface area contributed by atoms with Gasteiger partial charge in [-0.15, -0.1) is 0 Å². The van der Waals surface area contributed by atoms with Gasteiger partial charge in [-0.3, -0.25) is 0 Å². The summed E-state index contributed by atoms with van der Waals surface area (Å²) in [6.07, 6.45) is 1.49. The van der Waals surface area contributed by atoms with Gasteiger partial charge in [-0.05, 0) is 15.9 Å². The molecule has 0 unspecified atom stereocenters. The largest absolute Gasteiger partial charge is 0.495 e. The van der Waals surface area contributed by atoms with E-state index in [9.17, 15) is 4.79 Å². The molecule has 0 aromatic heterocycles. The minimum absolute atomic E-state index is 0.151. The Hall–Kier alpha value is -1.52. The SMILES string of the molecule is COc1c(Br)cc2c(c1CN=C=O)OCO2. The third kappa shape index (κ3) is 1.77. The van der Waals surface area contributed by atoms with E-state index in [2.05, 4.69) is 20.9 Å². The van der Waals surface area contributed by atoms with Crippen molar-refractivity contribution in [1.82, 2.24) is 0 Å². The van der Waals surface area contributed by atoms with Crippen LogP contribution in [0.4, 0.5) is 0 Å². The summed E-state index contributed by atoms with van der Waals surface area (Å²) >= 11 is 3.35. The molecule has 1 aromatic carbocycles. The van der Waals surface area contributed by atoms with Gasteiger partial charge >= 0.3 is 0 Å². The van der Waals surface area contributed by atoms with Crippen LogP contribution in [0, 0.1) is 0 Å². The van der Waals surface area contributed by atoms with Crippen molar-refractivity contribution in [2.24, 2.45) is 4.99 Å². The van der Waals surface area contributed by atoms with Crippen LogP contribution in [0.25, 0.3) is 0 Å². The molecule has 0 bridgehead atoms. The first-order chi connectivity index (χ1) is 7.77. The molecule has 0 spiro atoms. The molecule has 5 nitrogen and oxygen atoms in total.